The Morgan fingerprint density at radius 3 is 2.42 bits per heavy atom. The van der Waals surface area contributed by atoms with Gasteiger partial charge < -0.3 is 10.2 Å². The molecule has 0 bridgehead atoms. The van der Waals surface area contributed by atoms with Gasteiger partial charge in [-0.25, -0.2) is 4.68 Å². The number of hydrogen-bond acceptors (Lipinski definition) is 2. The topological polar surface area (TPSA) is 51.4 Å². The number of likely N-dealkylation sites (N-methyl/N-ethyl adjacent to an activating group) is 1. The average molecular weight is 414 g/mol. The Kier molecular flexibility index (Phi) is 5.87. The summed E-state index contributed by atoms with van der Waals surface area (Å²) in [5.41, 5.74) is 5.97. The molecule has 5 nitrogen and oxygen atoms in total. The van der Waals surface area contributed by atoms with Crippen molar-refractivity contribution in [2.45, 2.75) is 27.3 Å². The first-order valence-electron chi connectivity index (χ1n) is 10.6. The molecule has 2 N–H and O–H groups in total. The van der Waals surface area contributed by atoms with Crippen LogP contribution < -0.4 is 10.2 Å². The van der Waals surface area contributed by atoms with Crippen LogP contribution in [0.4, 0.5) is 5.69 Å². The van der Waals surface area contributed by atoms with Gasteiger partial charge in [-0.2, -0.15) is 5.10 Å². The molecule has 31 heavy (non-hydrogen) atoms. The Hall–Kier alpha value is -3.44. The summed E-state index contributed by atoms with van der Waals surface area (Å²) < 4.78 is 1.88. The molecule has 0 aliphatic carbocycles. The van der Waals surface area contributed by atoms with E-state index in [-0.39, 0.29) is 5.91 Å². The molecule has 0 spiro atoms. The minimum absolute atomic E-state index is 0.00653. The summed E-state index contributed by atoms with van der Waals surface area (Å²) in [4.78, 5) is 13.9. The molecular formula is C26H29N4O+. The molecule has 5 heteroatoms. The lowest BCUT2D eigenvalue weighted by Crippen LogP contribution is -3.08. The zero-order chi connectivity index (χ0) is 22.0. The van der Waals surface area contributed by atoms with Gasteiger partial charge in [0.2, 0.25) is 0 Å². The van der Waals surface area contributed by atoms with Crippen molar-refractivity contribution in [1.29, 1.82) is 0 Å². The second-order valence-electron chi connectivity index (χ2n) is 8.33. The van der Waals surface area contributed by atoms with Crippen LogP contribution in [0.3, 0.4) is 0 Å². The number of carbonyl (C=O) groups excluding carboxylic acids is 1. The first-order chi connectivity index (χ1) is 14.9. The van der Waals surface area contributed by atoms with Gasteiger partial charge in [0.05, 0.1) is 29.8 Å². The maximum atomic E-state index is 12.8. The van der Waals surface area contributed by atoms with E-state index < -0.39 is 0 Å². The van der Waals surface area contributed by atoms with Crippen LogP contribution in [0.1, 0.15) is 22.5 Å². The highest BCUT2D eigenvalue weighted by Gasteiger charge is 2.17. The summed E-state index contributed by atoms with van der Waals surface area (Å²) in [6.07, 6.45) is 0. The van der Waals surface area contributed by atoms with Crippen LogP contribution >= 0.6 is 0 Å². The zero-order valence-corrected chi connectivity index (χ0v) is 18.6. The Bertz CT molecular complexity index is 1220. The maximum Gasteiger partial charge on any atom is 0.279 e. The number of nitrogens with one attached hydrogen (secondary N) is 2. The van der Waals surface area contributed by atoms with Crippen LogP contribution in [-0.2, 0) is 11.3 Å². The van der Waals surface area contributed by atoms with E-state index >= 15 is 0 Å². The van der Waals surface area contributed by atoms with Crippen LogP contribution in [0.5, 0.6) is 0 Å². The summed E-state index contributed by atoms with van der Waals surface area (Å²) in [6.45, 7) is 7.16. The highest BCUT2D eigenvalue weighted by molar-refractivity contribution is 5.92. The summed E-state index contributed by atoms with van der Waals surface area (Å²) in [7, 11) is 2.05. The third kappa shape index (κ3) is 4.67. The monoisotopic (exact) mass is 413 g/mol. The summed E-state index contributed by atoms with van der Waals surface area (Å²) in [5, 5.41) is 10.2. The van der Waals surface area contributed by atoms with Crippen molar-refractivity contribution in [3.63, 3.8) is 0 Å². The van der Waals surface area contributed by atoms with Gasteiger partial charge in [-0.1, -0.05) is 54.1 Å². The number of nitrogens with zero attached hydrogens (tertiary/aromatic N) is 2. The highest BCUT2D eigenvalue weighted by Crippen LogP contribution is 2.23. The largest absolute Gasteiger partial charge is 0.326 e. The average Bonchev–Trinajstić information content (AvgIpc) is 3.02. The minimum Gasteiger partial charge on any atom is -0.326 e. The SMILES string of the molecule is Cc1ccc(-n2nc(C)c(NC(=O)C[NH+](C)Cc3ccc4ccccc4c3)c2C)cc1. The van der Waals surface area contributed by atoms with E-state index in [1.165, 1.54) is 21.9 Å². The Morgan fingerprint density at radius 2 is 1.68 bits per heavy atom. The predicted molar refractivity (Wildman–Crippen MR) is 126 cm³/mol. The molecule has 4 rings (SSSR count). The summed E-state index contributed by atoms with van der Waals surface area (Å²) in [5.74, 6) is -0.00653. The molecule has 0 saturated heterocycles. The maximum absolute atomic E-state index is 12.8. The van der Waals surface area contributed by atoms with Crippen molar-refractivity contribution in [2.24, 2.45) is 0 Å². The zero-order valence-electron chi connectivity index (χ0n) is 18.6. The van der Waals surface area contributed by atoms with E-state index in [1.807, 2.05) is 37.7 Å². The van der Waals surface area contributed by atoms with Gasteiger partial charge in [0.1, 0.15) is 6.54 Å². The van der Waals surface area contributed by atoms with E-state index in [0.29, 0.717) is 6.54 Å². The highest BCUT2D eigenvalue weighted by atomic mass is 16.2. The normalized spacial score (nSPS) is 12.1. The molecule has 1 heterocycles. The van der Waals surface area contributed by atoms with Gasteiger partial charge in [0, 0.05) is 5.56 Å². The summed E-state index contributed by atoms with van der Waals surface area (Å²) in [6, 6.07) is 23.0. The molecule has 0 aliphatic rings. The van der Waals surface area contributed by atoms with Crippen molar-refractivity contribution in [1.82, 2.24) is 9.78 Å². The van der Waals surface area contributed by atoms with Gasteiger partial charge in [0.25, 0.3) is 5.91 Å². The van der Waals surface area contributed by atoms with Crippen LogP contribution in [0, 0.1) is 20.8 Å². The standard InChI is InChI=1S/C26H28N4O/c1-18-9-13-24(14-10-18)30-20(3)26(19(2)28-30)27-25(31)17-29(4)16-21-11-12-22-7-5-6-8-23(22)15-21/h5-15H,16-17H2,1-4H3,(H,27,31)/p+1. The molecule has 0 radical (unpaired) electrons. The molecule has 1 unspecified atom stereocenters. The van der Waals surface area contributed by atoms with Gasteiger partial charge >= 0.3 is 0 Å². The quantitative estimate of drug-likeness (QED) is 0.507. The van der Waals surface area contributed by atoms with Crippen molar-refractivity contribution < 1.29 is 9.69 Å². The summed E-state index contributed by atoms with van der Waals surface area (Å²) >= 11 is 0. The van der Waals surface area contributed by atoms with Gasteiger partial charge in [-0.3, -0.25) is 4.79 Å². The molecule has 3 aromatic carbocycles. The number of fused-ring (bicyclic) bond motifs is 1. The van der Waals surface area contributed by atoms with Gasteiger partial charge in [-0.15, -0.1) is 0 Å². The van der Waals surface area contributed by atoms with Crippen LogP contribution in [0.2, 0.25) is 0 Å². The molecule has 1 amide bonds. The fourth-order valence-electron chi connectivity index (χ4n) is 3.98. The smallest absolute Gasteiger partial charge is 0.279 e. The van der Waals surface area contributed by atoms with Crippen molar-refractivity contribution in [3.05, 3.63) is 89.2 Å². The number of amides is 1. The minimum atomic E-state index is -0.00653. The van der Waals surface area contributed by atoms with Crippen molar-refractivity contribution >= 4 is 22.4 Å². The first-order valence-corrected chi connectivity index (χ1v) is 10.6. The molecule has 0 fully saturated rings. The molecule has 158 valence electrons. The van der Waals surface area contributed by atoms with E-state index in [4.69, 9.17) is 0 Å². The number of quaternary nitrogens is 1. The number of carbonyl (C=O) groups is 1. The van der Waals surface area contributed by atoms with Gasteiger partial charge in [-0.05, 0) is 49.7 Å². The number of rotatable bonds is 6. The third-order valence-electron chi connectivity index (χ3n) is 5.62. The fourth-order valence-corrected chi connectivity index (χ4v) is 3.98. The number of hydrogen-bond donors (Lipinski definition) is 2. The third-order valence-corrected chi connectivity index (χ3v) is 5.62. The second kappa shape index (κ2) is 8.74. The molecule has 0 saturated carbocycles. The van der Waals surface area contributed by atoms with E-state index in [1.54, 1.807) is 0 Å². The second-order valence-corrected chi connectivity index (χ2v) is 8.33. The number of aromatic nitrogens is 2. The molecule has 1 atom stereocenters. The Balaban J connectivity index is 1.42. The van der Waals surface area contributed by atoms with Gasteiger partial charge in [0.15, 0.2) is 6.54 Å². The van der Waals surface area contributed by atoms with Crippen molar-refractivity contribution in [3.8, 4) is 5.69 Å². The van der Waals surface area contributed by atoms with E-state index in [9.17, 15) is 4.79 Å². The van der Waals surface area contributed by atoms with Crippen LogP contribution in [0.15, 0.2) is 66.7 Å². The Morgan fingerprint density at radius 1 is 0.968 bits per heavy atom. The predicted octanol–water partition coefficient (Wildman–Crippen LogP) is 3.60. The molecule has 4 aromatic rings. The fraction of sp³-hybridized carbons (Fsp3) is 0.231. The molecule has 0 aliphatic heterocycles. The number of aryl methyl sites for hydroxylation is 2. The number of benzene rings is 3. The lowest BCUT2D eigenvalue weighted by Gasteiger charge is -2.14. The lowest BCUT2D eigenvalue weighted by molar-refractivity contribution is -0.885. The van der Waals surface area contributed by atoms with Crippen molar-refractivity contribution in [2.75, 3.05) is 18.9 Å². The van der Waals surface area contributed by atoms with E-state index in [2.05, 4.69) is 71.9 Å². The molecular weight excluding hydrogens is 384 g/mol. The number of anilines is 1. The van der Waals surface area contributed by atoms with E-state index in [0.717, 1.165) is 34.2 Å². The molecule has 1 aromatic heterocycles. The lowest BCUT2D eigenvalue weighted by atomic mass is 10.1. The first kappa shape index (κ1) is 20.8. The van der Waals surface area contributed by atoms with Crippen LogP contribution in [0.25, 0.3) is 16.5 Å². The Labute approximate surface area is 183 Å². The van der Waals surface area contributed by atoms with Crippen LogP contribution in [-0.4, -0.2) is 29.3 Å².